The normalized spacial score (nSPS) is 16.7. The molecule has 2 aliphatic rings. The average Bonchev–Trinajstić information content (AvgIpc) is 2.73. The van der Waals surface area contributed by atoms with Crippen LogP contribution in [0, 0.1) is 0 Å². The second-order valence-corrected chi connectivity index (χ2v) is 7.48. The number of hydrogen-bond acceptors (Lipinski definition) is 4. The highest BCUT2D eigenvalue weighted by atomic mass is 35.5. The van der Waals surface area contributed by atoms with Crippen LogP contribution in [0.25, 0.3) is 0 Å². The highest BCUT2D eigenvalue weighted by molar-refractivity contribution is 6.33. The maximum Gasteiger partial charge on any atom is 0.255 e. The lowest BCUT2D eigenvalue weighted by molar-refractivity contribution is -0.898. The summed E-state index contributed by atoms with van der Waals surface area (Å²) in [5.41, 5.74) is 2.21. The molecule has 2 heterocycles. The Morgan fingerprint density at radius 3 is 2.57 bits per heavy atom. The highest BCUT2D eigenvalue weighted by Crippen LogP contribution is 2.32. The number of fused-ring (bicyclic) bond motifs is 1. The van der Waals surface area contributed by atoms with E-state index in [0.29, 0.717) is 41.0 Å². The largest absolute Gasteiger partial charge is 0.486 e. The molecule has 7 heteroatoms. The molecule has 1 fully saturated rings. The molecule has 4 rings (SSSR count). The van der Waals surface area contributed by atoms with Crippen LogP contribution in [0.3, 0.4) is 0 Å². The van der Waals surface area contributed by atoms with Gasteiger partial charge in [0.15, 0.2) is 11.5 Å². The zero-order chi connectivity index (χ0) is 19.5. The molecule has 0 saturated carbocycles. The zero-order valence-corrected chi connectivity index (χ0v) is 16.7. The summed E-state index contributed by atoms with van der Waals surface area (Å²) in [5, 5.41) is 3.56. The van der Waals surface area contributed by atoms with E-state index in [2.05, 4.69) is 17.1 Å². The molecule has 0 aromatic heterocycles. The quantitative estimate of drug-likeness (QED) is 0.822. The molecule has 0 spiro atoms. The van der Waals surface area contributed by atoms with Crippen LogP contribution >= 0.6 is 11.6 Å². The molecule has 0 unspecified atom stereocenters. The summed E-state index contributed by atoms with van der Waals surface area (Å²) in [6, 6.07) is 10.9. The SMILES string of the molecule is CC[NH+]1CCN(c2ccc(NC(=O)c3ccc4c(c3)OCCO4)cc2Cl)CC1. The maximum atomic E-state index is 12.6. The third-order valence-corrected chi connectivity index (χ3v) is 5.62. The number of piperazine rings is 1. The van der Waals surface area contributed by atoms with E-state index in [1.54, 1.807) is 23.1 Å². The van der Waals surface area contributed by atoms with Gasteiger partial charge in [-0.25, -0.2) is 0 Å². The van der Waals surface area contributed by atoms with Crippen molar-refractivity contribution in [3.63, 3.8) is 0 Å². The van der Waals surface area contributed by atoms with Crippen molar-refractivity contribution in [1.82, 2.24) is 0 Å². The van der Waals surface area contributed by atoms with Gasteiger partial charge in [-0.05, 0) is 43.3 Å². The molecule has 1 saturated heterocycles. The number of ether oxygens (including phenoxy) is 2. The van der Waals surface area contributed by atoms with Crippen LogP contribution in [0.1, 0.15) is 17.3 Å². The van der Waals surface area contributed by atoms with E-state index < -0.39 is 0 Å². The van der Waals surface area contributed by atoms with Gasteiger partial charge in [0.05, 0.1) is 43.4 Å². The Morgan fingerprint density at radius 2 is 1.86 bits per heavy atom. The Bertz CT molecular complexity index is 866. The number of likely N-dealkylation sites (N-methyl/N-ethyl adjacent to an activating group) is 1. The molecule has 2 aliphatic heterocycles. The Morgan fingerprint density at radius 1 is 1.11 bits per heavy atom. The van der Waals surface area contributed by atoms with Gasteiger partial charge in [0.2, 0.25) is 0 Å². The first-order valence-electron chi connectivity index (χ1n) is 9.73. The van der Waals surface area contributed by atoms with Crippen molar-refractivity contribution in [2.24, 2.45) is 0 Å². The average molecular weight is 403 g/mol. The van der Waals surface area contributed by atoms with Gasteiger partial charge in [0.1, 0.15) is 13.2 Å². The molecule has 148 valence electrons. The molecule has 2 aromatic rings. The fourth-order valence-corrected chi connectivity index (χ4v) is 3.95. The number of quaternary nitrogens is 1. The van der Waals surface area contributed by atoms with Gasteiger partial charge >= 0.3 is 0 Å². The van der Waals surface area contributed by atoms with Crippen molar-refractivity contribution in [3.8, 4) is 11.5 Å². The van der Waals surface area contributed by atoms with Gasteiger partial charge in [-0.15, -0.1) is 0 Å². The summed E-state index contributed by atoms with van der Waals surface area (Å²) in [6.07, 6.45) is 0. The van der Waals surface area contributed by atoms with Gasteiger partial charge in [0, 0.05) is 11.3 Å². The first-order valence-corrected chi connectivity index (χ1v) is 10.1. The Hall–Kier alpha value is -2.44. The zero-order valence-electron chi connectivity index (χ0n) is 16.0. The number of nitrogens with zero attached hydrogens (tertiary/aromatic N) is 1. The number of benzene rings is 2. The molecule has 2 aromatic carbocycles. The van der Waals surface area contributed by atoms with Crippen molar-refractivity contribution in [2.45, 2.75) is 6.92 Å². The molecular weight excluding hydrogens is 378 g/mol. The highest BCUT2D eigenvalue weighted by Gasteiger charge is 2.21. The second-order valence-electron chi connectivity index (χ2n) is 7.07. The van der Waals surface area contributed by atoms with E-state index in [9.17, 15) is 4.79 Å². The van der Waals surface area contributed by atoms with E-state index in [0.717, 1.165) is 38.4 Å². The molecule has 0 radical (unpaired) electrons. The Labute approximate surface area is 170 Å². The van der Waals surface area contributed by atoms with Crippen LogP contribution in [-0.2, 0) is 0 Å². The molecule has 0 bridgehead atoms. The lowest BCUT2D eigenvalue weighted by Crippen LogP contribution is -3.14. The number of hydrogen-bond donors (Lipinski definition) is 2. The van der Waals surface area contributed by atoms with Crippen molar-refractivity contribution in [1.29, 1.82) is 0 Å². The van der Waals surface area contributed by atoms with E-state index >= 15 is 0 Å². The standard InChI is InChI=1S/C21H24ClN3O3/c1-2-24-7-9-25(10-8-24)18-5-4-16(14-17(18)22)23-21(26)15-3-6-19-20(13-15)28-12-11-27-19/h3-6,13-14H,2,7-12H2,1H3,(H,23,26)/p+1. The Kier molecular flexibility index (Phi) is 5.59. The molecule has 6 nitrogen and oxygen atoms in total. The predicted molar refractivity (Wildman–Crippen MR) is 110 cm³/mol. The Balaban J connectivity index is 1.44. The number of carbonyl (C=O) groups excluding carboxylic acids is 1. The molecule has 28 heavy (non-hydrogen) atoms. The summed E-state index contributed by atoms with van der Waals surface area (Å²) in [4.78, 5) is 16.5. The number of nitrogens with one attached hydrogen (secondary N) is 2. The van der Waals surface area contributed by atoms with Crippen LogP contribution < -0.4 is 24.6 Å². The van der Waals surface area contributed by atoms with Crippen molar-refractivity contribution >= 4 is 28.9 Å². The topological polar surface area (TPSA) is 55.2 Å². The van der Waals surface area contributed by atoms with Gasteiger partial charge in [-0.2, -0.15) is 0 Å². The van der Waals surface area contributed by atoms with E-state index in [4.69, 9.17) is 21.1 Å². The molecule has 1 amide bonds. The molecule has 0 atom stereocenters. The first-order chi connectivity index (χ1) is 13.6. The third kappa shape index (κ3) is 4.03. The van der Waals surface area contributed by atoms with Crippen molar-refractivity contribution in [2.75, 3.05) is 56.2 Å². The minimum Gasteiger partial charge on any atom is -0.486 e. The van der Waals surface area contributed by atoms with Crippen LogP contribution in [-0.4, -0.2) is 51.8 Å². The van der Waals surface area contributed by atoms with E-state index in [1.165, 1.54) is 0 Å². The fraction of sp³-hybridized carbons (Fsp3) is 0.381. The molecular formula is C21H25ClN3O3+. The number of anilines is 2. The van der Waals surface area contributed by atoms with Crippen LogP contribution in [0.2, 0.25) is 5.02 Å². The number of carbonyl (C=O) groups is 1. The smallest absolute Gasteiger partial charge is 0.255 e. The van der Waals surface area contributed by atoms with Crippen LogP contribution in [0.4, 0.5) is 11.4 Å². The second kappa shape index (κ2) is 8.29. The lowest BCUT2D eigenvalue weighted by atomic mass is 10.1. The van der Waals surface area contributed by atoms with Gasteiger partial charge in [-0.3, -0.25) is 4.79 Å². The predicted octanol–water partition coefficient (Wildman–Crippen LogP) is 2.09. The molecule has 2 N–H and O–H groups in total. The van der Waals surface area contributed by atoms with Crippen LogP contribution in [0.5, 0.6) is 11.5 Å². The summed E-state index contributed by atoms with van der Waals surface area (Å²) in [7, 11) is 0. The minimum absolute atomic E-state index is 0.207. The van der Waals surface area contributed by atoms with E-state index in [1.807, 2.05) is 18.2 Å². The van der Waals surface area contributed by atoms with E-state index in [-0.39, 0.29) is 5.91 Å². The lowest BCUT2D eigenvalue weighted by Gasteiger charge is -2.33. The monoisotopic (exact) mass is 402 g/mol. The summed E-state index contributed by atoms with van der Waals surface area (Å²) in [5.74, 6) is 1.06. The summed E-state index contributed by atoms with van der Waals surface area (Å²) in [6.45, 7) is 8.62. The maximum absolute atomic E-state index is 12.6. The van der Waals surface area contributed by atoms with Crippen molar-refractivity contribution in [3.05, 3.63) is 47.0 Å². The first kappa shape index (κ1) is 18.9. The molecule has 0 aliphatic carbocycles. The van der Waals surface area contributed by atoms with Crippen LogP contribution in [0.15, 0.2) is 36.4 Å². The summed E-state index contributed by atoms with van der Waals surface area (Å²) >= 11 is 6.52. The fourth-order valence-electron chi connectivity index (χ4n) is 3.65. The summed E-state index contributed by atoms with van der Waals surface area (Å²) < 4.78 is 11.0. The number of amides is 1. The van der Waals surface area contributed by atoms with Crippen molar-refractivity contribution < 1.29 is 19.2 Å². The minimum atomic E-state index is -0.207. The third-order valence-electron chi connectivity index (χ3n) is 5.32. The number of rotatable bonds is 4. The van der Waals surface area contributed by atoms with Gasteiger partial charge < -0.3 is 24.6 Å². The van der Waals surface area contributed by atoms with Gasteiger partial charge in [0.25, 0.3) is 5.91 Å². The number of halogens is 1. The van der Waals surface area contributed by atoms with Gasteiger partial charge in [-0.1, -0.05) is 11.6 Å².